The molecule has 2 heterocycles. The lowest BCUT2D eigenvalue weighted by molar-refractivity contribution is -0.225. The summed E-state index contributed by atoms with van der Waals surface area (Å²) in [5.41, 5.74) is -0.450. The standard InChI is InChI=1S/C20H34O3/c1-6-20-13-11-18(23-20)19(5,22-14-20)12-7-8-16(4)17(21)10-9-15(2)3/h6,15-16,18H,1,7-14H2,2-5H3/t16?,18-,19+,20+/m1/s1. The van der Waals surface area contributed by atoms with Crippen molar-refractivity contribution >= 4 is 5.78 Å². The highest BCUT2D eigenvalue weighted by atomic mass is 16.6. The van der Waals surface area contributed by atoms with Crippen molar-refractivity contribution < 1.29 is 14.3 Å². The van der Waals surface area contributed by atoms with Crippen LogP contribution in [0.15, 0.2) is 12.7 Å². The molecule has 3 heteroatoms. The molecule has 2 fully saturated rings. The number of fused-ring (bicyclic) bond motifs is 2. The third-order valence-electron chi connectivity index (χ3n) is 5.73. The first-order valence-corrected chi connectivity index (χ1v) is 9.28. The molecule has 0 spiro atoms. The van der Waals surface area contributed by atoms with Crippen LogP contribution in [0.25, 0.3) is 0 Å². The molecule has 4 atom stereocenters. The summed E-state index contributed by atoms with van der Waals surface area (Å²) in [6.45, 7) is 13.1. The fourth-order valence-electron chi connectivity index (χ4n) is 3.73. The van der Waals surface area contributed by atoms with Crippen LogP contribution in [0.4, 0.5) is 0 Å². The van der Waals surface area contributed by atoms with Gasteiger partial charge in [-0.3, -0.25) is 4.79 Å². The van der Waals surface area contributed by atoms with Crippen molar-refractivity contribution in [1.82, 2.24) is 0 Å². The van der Waals surface area contributed by atoms with Crippen LogP contribution < -0.4 is 0 Å². The maximum Gasteiger partial charge on any atom is 0.135 e. The maximum atomic E-state index is 12.2. The van der Waals surface area contributed by atoms with Crippen molar-refractivity contribution in [2.45, 2.75) is 89.9 Å². The van der Waals surface area contributed by atoms with Crippen LogP contribution in [0, 0.1) is 11.8 Å². The second-order valence-electron chi connectivity index (χ2n) is 8.21. The molecule has 0 amide bonds. The summed E-state index contributed by atoms with van der Waals surface area (Å²) in [6.07, 6.45) is 8.80. The first-order valence-electron chi connectivity index (χ1n) is 9.28. The Morgan fingerprint density at radius 2 is 2.09 bits per heavy atom. The quantitative estimate of drug-likeness (QED) is 0.578. The Hall–Kier alpha value is -0.670. The monoisotopic (exact) mass is 322 g/mol. The van der Waals surface area contributed by atoms with Gasteiger partial charge in [0.05, 0.1) is 18.3 Å². The van der Waals surface area contributed by atoms with Crippen molar-refractivity contribution in [1.29, 1.82) is 0 Å². The van der Waals surface area contributed by atoms with E-state index < -0.39 is 0 Å². The van der Waals surface area contributed by atoms with E-state index in [4.69, 9.17) is 9.47 Å². The van der Waals surface area contributed by atoms with Gasteiger partial charge in [0.1, 0.15) is 11.4 Å². The highest BCUT2D eigenvalue weighted by Gasteiger charge is 2.52. The maximum absolute atomic E-state index is 12.2. The van der Waals surface area contributed by atoms with E-state index in [9.17, 15) is 4.79 Å². The summed E-state index contributed by atoms with van der Waals surface area (Å²) >= 11 is 0. The summed E-state index contributed by atoms with van der Waals surface area (Å²) < 4.78 is 12.4. The van der Waals surface area contributed by atoms with Crippen LogP contribution >= 0.6 is 0 Å². The summed E-state index contributed by atoms with van der Waals surface area (Å²) in [5.74, 6) is 1.18. The van der Waals surface area contributed by atoms with E-state index in [-0.39, 0.29) is 23.2 Å². The predicted octanol–water partition coefficient (Wildman–Crippen LogP) is 4.69. The first-order chi connectivity index (χ1) is 10.8. The second kappa shape index (κ2) is 7.48. The molecular weight excluding hydrogens is 288 g/mol. The topological polar surface area (TPSA) is 35.5 Å². The van der Waals surface area contributed by atoms with E-state index in [1.807, 2.05) is 6.08 Å². The van der Waals surface area contributed by atoms with Gasteiger partial charge in [0.15, 0.2) is 0 Å². The minimum Gasteiger partial charge on any atom is -0.369 e. The smallest absolute Gasteiger partial charge is 0.135 e. The lowest BCUT2D eigenvalue weighted by Crippen LogP contribution is -2.51. The van der Waals surface area contributed by atoms with Crippen molar-refractivity contribution in [3.63, 3.8) is 0 Å². The van der Waals surface area contributed by atoms with E-state index in [1.54, 1.807) is 0 Å². The van der Waals surface area contributed by atoms with Crippen LogP contribution in [0.3, 0.4) is 0 Å². The zero-order chi connectivity index (χ0) is 17.1. The number of rotatable bonds is 9. The van der Waals surface area contributed by atoms with Gasteiger partial charge in [-0.15, -0.1) is 6.58 Å². The van der Waals surface area contributed by atoms with Crippen LogP contribution in [0.5, 0.6) is 0 Å². The molecule has 0 aromatic carbocycles. The molecule has 23 heavy (non-hydrogen) atoms. The van der Waals surface area contributed by atoms with Crippen LogP contribution in [-0.4, -0.2) is 29.7 Å². The molecule has 0 aliphatic carbocycles. The largest absolute Gasteiger partial charge is 0.369 e. The van der Waals surface area contributed by atoms with Crippen LogP contribution in [-0.2, 0) is 14.3 Å². The number of carbonyl (C=O) groups is 1. The van der Waals surface area contributed by atoms with E-state index >= 15 is 0 Å². The molecule has 0 radical (unpaired) electrons. The molecule has 2 rings (SSSR count). The molecular formula is C20H34O3. The van der Waals surface area contributed by atoms with Gasteiger partial charge in [0, 0.05) is 12.3 Å². The number of hydrogen-bond donors (Lipinski definition) is 0. The molecule has 3 nitrogen and oxygen atoms in total. The van der Waals surface area contributed by atoms with Gasteiger partial charge in [-0.1, -0.05) is 26.8 Å². The lowest BCUT2D eigenvalue weighted by Gasteiger charge is -2.43. The third kappa shape index (κ3) is 4.45. The van der Waals surface area contributed by atoms with Gasteiger partial charge in [-0.25, -0.2) is 0 Å². The number of hydrogen-bond acceptors (Lipinski definition) is 3. The summed E-state index contributed by atoms with van der Waals surface area (Å²) in [7, 11) is 0. The van der Waals surface area contributed by atoms with Crippen LogP contribution in [0.2, 0.25) is 0 Å². The van der Waals surface area contributed by atoms with Crippen LogP contribution in [0.1, 0.15) is 72.6 Å². The number of ether oxygens (including phenoxy) is 2. The molecule has 1 unspecified atom stereocenters. The molecule has 2 aliphatic rings. The van der Waals surface area contributed by atoms with E-state index in [1.165, 1.54) is 0 Å². The summed E-state index contributed by atoms with van der Waals surface area (Å²) in [5, 5.41) is 0. The van der Waals surface area contributed by atoms with Gasteiger partial charge in [-0.05, 0) is 51.4 Å². The summed E-state index contributed by atoms with van der Waals surface area (Å²) in [6, 6.07) is 0. The van der Waals surface area contributed by atoms with Gasteiger partial charge in [0.2, 0.25) is 0 Å². The van der Waals surface area contributed by atoms with E-state index in [0.717, 1.165) is 44.9 Å². The Labute approximate surface area is 141 Å². The fourth-order valence-corrected chi connectivity index (χ4v) is 3.73. The third-order valence-corrected chi connectivity index (χ3v) is 5.73. The predicted molar refractivity (Wildman–Crippen MR) is 93.5 cm³/mol. The summed E-state index contributed by atoms with van der Waals surface area (Å²) in [4.78, 5) is 12.2. The molecule has 2 bridgehead atoms. The van der Waals surface area contributed by atoms with Gasteiger partial charge in [0.25, 0.3) is 0 Å². The first kappa shape index (κ1) is 18.7. The molecule has 132 valence electrons. The molecule has 0 N–H and O–H groups in total. The van der Waals surface area contributed by atoms with Gasteiger partial charge in [-0.2, -0.15) is 0 Å². The van der Waals surface area contributed by atoms with Crippen molar-refractivity contribution in [2.24, 2.45) is 11.8 Å². The Morgan fingerprint density at radius 1 is 1.35 bits per heavy atom. The zero-order valence-electron chi connectivity index (χ0n) is 15.4. The molecule has 0 saturated carbocycles. The Morgan fingerprint density at radius 3 is 2.74 bits per heavy atom. The number of carbonyl (C=O) groups excluding carboxylic acids is 1. The highest BCUT2D eigenvalue weighted by Crippen LogP contribution is 2.45. The lowest BCUT2D eigenvalue weighted by atomic mass is 9.87. The van der Waals surface area contributed by atoms with Gasteiger partial charge < -0.3 is 9.47 Å². The minimum atomic E-state index is -0.246. The molecule has 2 aliphatic heterocycles. The minimum absolute atomic E-state index is 0.165. The average molecular weight is 322 g/mol. The SMILES string of the molecule is C=C[C@@]12CC[C@@H](O1)[C@](C)(CCCC(C)C(=O)CCC(C)C)OC2. The molecule has 0 aromatic rings. The van der Waals surface area contributed by atoms with E-state index in [0.29, 0.717) is 18.3 Å². The fraction of sp³-hybridized carbons (Fsp3) is 0.850. The van der Waals surface area contributed by atoms with E-state index in [2.05, 4.69) is 34.3 Å². The number of ketones is 1. The second-order valence-corrected chi connectivity index (χ2v) is 8.21. The number of Topliss-reactive ketones (excluding diaryl/α,β-unsaturated/α-hetero) is 1. The zero-order valence-corrected chi connectivity index (χ0v) is 15.4. The average Bonchev–Trinajstić information content (AvgIpc) is 2.91. The Bertz CT molecular complexity index is 431. The Balaban J connectivity index is 1.76. The van der Waals surface area contributed by atoms with Crippen molar-refractivity contribution in [3.05, 3.63) is 12.7 Å². The Kier molecular flexibility index (Phi) is 6.07. The van der Waals surface area contributed by atoms with Crippen molar-refractivity contribution in [3.8, 4) is 0 Å². The normalized spacial score (nSPS) is 34.6. The van der Waals surface area contributed by atoms with Crippen molar-refractivity contribution in [2.75, 3.05) is 6.61 Å². The van der Waals surface area contributed by atoms with Gasteiger partial charge >= 0.3 is 0 Å². The highest BCUT2D eigenvalue weighted by molar-refractivity contribution is 5.80. The molecule has 0 aromatic heterocycles. The molecule has 2 saturated heterocycles.